The molecule has 1 saturated carbocycles. The van der Waals surface area contributed by atoms with E-state index >= 15 is 0 Å². The van der Waals surface area contributed by atoms with Crippen molar-refractivity contribution in [1.29, 1.82) is 0 Å². The fraction of sp³-hybridized carbons (Fsp3) is 0.350. The minimum absolute atomic E-state index is 0.00685. The van der Waals surface area contributed by atoms with Crippen LogP contribution in [-0.4, -0.2) is 40.7 Å². The number of nitrogens with one attached hydrogen (secondary N) is 2. The average molecular weight is 404 g/mol. The Bertz CT molecular complexity index is 928. The SMILES string of the molecule is COc1ccc(NS(=O)(=O)c2cccc(C(=O)N[C@@H]3CCC[C@H]3OC)c2)cc1. The first kappa shape index (κ1) is 20.2. The average Bonchev–Trinajstić information content (AvgIpc) is 3.15. The summed E-state index contributed by atoms with van der Waals surface area (Å²) < 4.78 is 38.3. The Morgan fingerprint density at radius 2 is 1.82 bits per heavy atom. The van der Waals surface area contributed by atoms with Crippen molar-refractivity contribution in [3.63, 3.8) is 0 Å². The van der Waals surface area contributed by atoms with E-state index in [1.807, 2.05) is 0 Å². The molecule has 0 aliphatic heterocycles. The van der Waals surface area contributed by atoms with Gasteiger partial charge in [0.05, 0.1) is 24.2 Å². The predicted octanol–water partition coefficient (Wildman–Crippen LogP) is 2.79. The first-order chi connectivity index (χ1) is 13.4. The molecule has 7 nitrogen and oxygen atoms in total. The van der Waals surface area contributed by atoms with Gasteiger partial charge in [-0.05, 0) is 61.7 Å². The molecular weight excluding hydrogens is 380 g/mol. The van der Waals surface area contributed by atoms with Crippen LogP contribution in [0.1, 0.15) is 29.6 Å². The van der Waals surface area contributed by atoms with Crippen LogP contribution in [0.25, 0.3) is 0 Å². The molecule has 0 unspecified atom stereocenters. The number of carbonyl (C=O) groups is 1. The van der Waals surface area contributed by atoms with E-state index in [1.165, 1.54) is 19.2 Å². The van der Waals surface area contributed by atoms with Gasteiger partial charge in [-0.2, -0.15) is 0 Å². The van der Waals surface area contributed by atoms with Gasteiger partial charge in [0.25, 0.3) is 15.9 Å². The molecule has 28 heavy (non-hydrogen) atoms. The normalized spacial score (nSPS) is 19.2. The molecule has 2 aromatic rings. The third-order valence-electron chi connectivity index (χ3n) is 4.82. The minimum Gasteiger partial charge on any atom is -0.497 e. The fourth-order valence-electron chi connectivity index (χ4n) is 3.30. The summed E-state index contributed by atoms with van der Waals surface area (Å²) in [5.41, 5.74) is 0.698. The molecule has 2 atom stereocenters. The van der Waals surface area contributed by atoms with Gasteiger partial charge in [-0.1, -0.05) is 6.07 Å². The van der Waals surface area contributed by atoms with E-state index in [0.717, 1.165) is 19.3 Å². The van der Waals surface area contributed by atoms with Crippen molar-refractivity contribution >= 4 is 21.6 Å². The van der Waals surface area contributed by atoms with Crippen molar-refractivity contribution in [2.24, 2.45) is 0 Å². The molecule has 0 aromatic heterocycles. The molecular formula is C20H24N2O5S. The van der Waals surface area contributed by atoms with Gasteiger partial charge < -0.3 is 14.8 Å². The van der Waals surface area contributed by atoms with Crippen molar-refractivity contribution in [3.05, 3.63) is 54.1 Å². The number of sulfonamides is 1. The van der Waals surface area contributed by atoms with Crippen molar-refractivity contribution < 1.29 is 22.7 Å². The molecule has 0 bridgehead atoms. The molecule has 1 aliphatic carbocycles. The molecule has 0 radical (unpaired) electrons. The van der Waals surface area contributed by atoms with Gasteiger partial charge in [-0.15, -0.1) is 0 Å². The van der Waals surface area contributed by atoms with E-state index in [2.05, 4.69) is 10.0 Å². The van der Waals surface area contributed by atoms with Crippen molar-refractivity contribution in [3.8, 4) is 5.75 Å². The summed E-state index contributed by atoms with van der Waals surface area (Å²) in [6.07, 6.45) is 2.74. The van der Waals surface area contributed by atoms with Crippen molar-refractivity contribution in [1.82, 2.24) is 5.32 Å². The summed E-state index contributed by atoms with van der Waals surface area (Å²) >= 11 is 0. The highest BCUT2D eigenvalue weighted by Crippen LogP contribution is 2.23. The highest BCUT2D eigenvalue weighted by Gasteiger charge is 2.29. The lowest BCUT2D eigenvalue weighted by molar-refractivity contribution is 0.0722. The standard InChI is InChI=1S/C20H24N2O5S/c1-26-16-11-9-15(10-12-16)22-28(24,25)17-6-3-5-14(13-17)20(23)21-18-7-4-8-19(18)27-2/h3,5-6,9-13,18-19,22H,4,7-8H2,1-2H3,(H,21,23)/t18-,19-/m1/s1. The second kappa shape index (κ2) is 8.62. The van der Waals surface area contributed by atoms with E-state index in [-0.39, 0.29) is 22.9 Å². The topological polar surface area (TPSA) is 93.7 Å². The van der Waals surface area contributed by atoms with Gasteiger partial charge >= 0.3 is 0 Å². The lowest BCUT2D eigenvalue weighted by atomic mass is 10.1. The number of amides is 1. The maximum absolute atomic E-state index is 12.7. The lowest BCUT2D eigenvalue weighted by Gasteiger charge is -2.19. The summed E-state index contributed by atoms with van der Waals surface area (Å²) in [6.45, 7) is 0. The van der Waals surface area contributed by atoms with Crippen LogP contribution in [0.2, 0.25) is 0 Å². The summed E-state index contributed by atoms with van der Waals surface area (Å²) in [5, 5.41) is 2.94. The molecule has 3 rings (SSSR count). The molecule has 0 spiro atoms. The monoisotopic (exact) mass is 404 g/mol. The smallest absolute Gasteiger partial charge is 0.261 e. The maximum atomic E-state index is 12.7. The van der Waals surface area contributed by atoms with Crippen LogP contribution in [0.15, 0.2) is 53.4 Å². The largest absolute Gasteiger partial charge is 0.497 e. The Morgan fingerprint density at radius 3 is 2.50 bits per heavy atom. The van der Waals surface area contributed by atoms with Crippen molar-refractivity contribution in [2.75, 3.05) is 18.9 Å². The van der Waals surface area contributed by atoms with Crippen LogP contribution in [0, 0.1) is 0 Å². The van der Waals surface area contributed by atoms with Gasteiger partial charge in [-0.3, -0.25) is 9.52 Å². The van der Waals surface area contributed by atoms with Crippen LogP contribution < -0.4 is 14.8 Å². The number of carbonyl (C=O) groups excluding carboxylic acids is 1. The third-order valence-corrected chi connectivity index (χ3v) is 6.20. The first-order valence-electron chi connectivity index (χ1n) is 9.03. The summed E-state index contributed by atoms with van der Waals surface area (Å²) in [6, 6.07) is 12.5. The number of methoxy groups -OCH3 is 2. The summed E-state index contributed by atoms with van der Waals surface area (Å²) in [5.74, 6) is 0.318. The van der Waals surface area contributed by atoms with E-state index in [4.69, 9.17) is 9.47 Å². The van der Waals surface area contributed by atoms with E-state index in [9.17, 15) is 13.2 Å². The van der Waals surface area contributed by atoms with Crippen molar-refractivity contribution in [2.45, 2.75) is 36.3 Å². The molecule has 2 N–H and O–H groups in total. The molecule has 1 fully saturated rings. The van der Waals surface area contributed by atoms with Crippen LogP contribution in [0.5, 0.6) is 5.75 Å². The lowest BCUT2D eigenvalue weighted by Crippen LogP contribution is -2.40. The zero-order valence-electron chi connectivity index (χ0n) is 15.8. The summed E-state index contributed by atoms with van der Waals surface area (Å²) in [7, 11) is -0.657. The Morgan fingerprint density at radius 1 is 1.07 bits per heavy atom. The highest BCUT2D eigenvalue weighted by atomic mass is 32.2. The minimum atomic E-state index is -3.83. The summed E-state index contributed by atoms with van der Waals surface area (Å²) in [4.78, 5) is 12.6. The fourth-order valence-corrected chi connectivity index (χ4v) is 4.41. The quantitative estimate of drug-likeness (QED) is 0.740. The van der Waals surface area contributed by atoms with Gasteiger partial charge in [0.1, 0.15) is 5.75 Å². The van der Waals surface area contributed by atoms with Gasteiger partial charge in [0, 0.05) is 18.4 Å². The number of benzene rings is 2. The molecule has 1 aliphatic rings. The van der Waals surface area contributed by atoms with Crippen LogP contribution in [-0.2, 0) is 14.8 Å². The Hall–Kier alpha value is -2.58. The molecule has 0 saturated heterocycles. The highest BCUT2D eigenvalue weighted by molar-refractivity contribution is 7.92. The van der Waals surface area contributed by atoms with Crippen LogP contribution >= 0.6 is 0 Å². The zero-order chi connectivity index (χ0) is 20.1. The molecule has 150 valence electrons. The first-order valence-corrected chi connectivity index (χ1v) is 10.5. The van der Waals surface area contributed by atoms with Gasteiger partial charge in [-0.25, -0.2) is 8.42 Å². The Balaban J connectivity index is 1.74. The number of ether oxygens (including phenoxy) is 2. The van der Waals surface area contributed by atoms with Gasteiger partial charge in [0.2, 0.25) is 0 Å². The van der Waals surface area contributed by atoms with Crippen LogP contribution in [0.4, 0.5) is 5.69 Å². The Labute approximate surface area is 165 Å². The van der Waals surface area contributed by atoms with Crippen LogP contribution in [0.3, 0.4) is 0 Å². The number of hydrogen-bond acceptors (Lipinski definition) is 5. The second-order valence-electron chi connectivity index (χ2n) is 6.65. The zero-order valence-corrected chi connectivity index (χ0v) is 16.7. The van der Waals surface area contributed by atoms with Gasteiger partial charge in [0.15, 0.2) is 0 Å². The Kier molecular flexibility index (Phi) is 6.21. The number of anilines is 1. The predicted molar refractivity (Wildman–Crippen MR) is 106 cm³/mol. The number of hydrogen-bond donors (Lipinski definition) is 2. The molecule has 0 heterocycles. The van der Waals surface area contributed by atoms with E-state index < -0.39 is 10.0 Å². The molecule has 1 amide bonds. The van der Waals surface area contributed by atoms with E-state index in [0.29, 0.717) is 17.0 Å². The molecule has 8 heteroatoms. The number of rotatable bonds is 7. The third kappa shape index (κ3) is 4.63. The molecule has 2 aromatic carbocycles. The van der Waals surface area contributed by atoms with E-state index in [1.54, 1.807) is 43.5 Å². The second-order valence-corrected chi connectivity index (χ2v) is 8.33. The maximum Gasteiger partial charge on any atom is 0.261 e.